The number of benzene rings is 2. The van der Waals surface area contributed by atoms with Gasteiger partial charge in [-0.25, -0.2) is 4.39 Å². The van der Waals surface area contributed by atoms with Crippen molar-refractivity contribution < 1.29 is 8.91 Å². The number of anilines is 1. The first kappa shape index (κ1) is 14.1. The number of nitrogens with zero attached hydrogens (tertiary/aromatic N) is 1. The number of aromatic nitrogens is 1. The topological polar surface area (TPSA) is 52.0 Å². The third kappa shape index (κ3) is 2.43. The Hall–Kier alpha value is -1.85. The SMILES string of the molecule is Nc1noc(-c2ccccc2Br)c1-c1cccc(Cl)c1F. The fraction of sp³-hybridized carbons (Fsp3) is 0. The van der Waals surface area contributed by atoms with Gasteiger partial charge in [-0.3, -0.25) is 0 Å². The normalized spacial score (nSPS) is 10.8. The molecule has 0 atom stereocenters. The molecule has 0 saturated heterocycles. The summed E-state index contributed by atoms with van der Waals surface area (Å²) in [5.41, 5.74) is 7.23. The van der Waals surface area contributed by atoms with Crippen LogP contribution in [0.5, 0.6) is 0 Å². The summed E-state index contributed by atoms with van der Waals surface area (Å²) >= 11 is 9.27. The van der Waals surface area contributed by atoms with Crippen LogP contribution in [0.1, 0.15) is 0 Å². The van der Waals surface area contributed by atoms with Crippen molar-refractivity contribution >= 4 is 33.3 Å². The van der Waals surface area contributed by atoms with Crippen molar-refractivity contribution in [2.45, 2.75) is 0 Å². The Morgan fingerprint density at radius 2 is 1.81 bits per heavy atom. The molecule has 3 rings (SSSR count). The van der Waals surface area contributed by atoms with E-state index in [1.54, 1.807) is 12.1 Å². The molecule has 0 fully saturated rings. The van der Waals surface area contributed by atoms with Crippen LogP contribution in [0.25, 0.3) is 22.5 Å². The first-order valence-corrected chi connectivity index (χ1v) is 7.21. The van der Waals surface area contributed by atoms with Gasteiger partial charge in [0.1, 0.15) is 5.82 Å². The number of nitrogen functional groups attached to an aromatic ring is 1. The zero-order valence-corrected chi connectivity index (χ0v) is 13.0. The monoisotopic (exact) mass is 366 g/mol. The number of hydrogen-bond acceptors (Lipinski definition) is 3. The average molecular weight is 368 g/mol. The highest BCUT2D eigenvalue weighted by molar-refractivity contribution is 9.10. The molecular weight excluding hydrogens is 359 g/mol. The Morgan fingerprint density at radius 3 is 2.57 bits per heavy atom. The van der Waals surface area contributed by atoms with E-state index in [0.29, 0.717) is 11.3 Å². The zero-order valence-electron chi connectivity index (χ0n) is 10.6. The van der Waals surface area contributed by atoms with Crippen LogP contribution in [0.2, 0.25) is 5.02 Å². The molecule has 0 saturated carbocycles. The lowest BCUT2D eigenvalue weighted by atomic mass is 10.0. The molecule has 3 nitrogen and oxygen atoms in total. The summed E-state index contributed by atoms with van der Waals surface area (Å²) in [6.45, 7) is 0. The minimum atomic E-state index is -0.553. The molecule has 0 radical (unpaired) electrons. The summed E-state index contributed by atoms with van der Waals surface area (Å²) < 4.78 is 20.4. The van der Waals surface area contributed by atoms with E-state index in [2.05, 4.69) is 21.1 Å². The maximum Gasteiger partial charge on any atom is 0.178 e. The highest BCUT2D eigenvalue weighted by Gasteiger charge is 2.22. The van der Waals surface area contributed by atoms with E-state index < -0.39 is 5.82 Å². The van der Waals surface area contributed by atoms with Gasteiger partial charge in [0.05, 0.1) is 10.6 Å². The van der Waals surface area contributed by atoms with Gasteiger partial charge in [0, 0.05) is 15.6 Å². The van der Waals surface area contributed by atoms with Gasteiger partial charge >= 0.3 is 0 Å². The molecule has 0 spiro atoms. The molecular formula is C15H9BrClFN2O. The van der Waals surface area contributed by atoms with Gasteiger partial charge in [0.15, 0.2) is 11.6 Å². The van der Waals surface area contributed by atoms with Gasteiger partial charge in [0.2, 0.25) is 0 Å². The minimum absolute atomic E-state index is 0.0196. The van der Waals surface area contributed by atoms with E-state index in [-0.39, 0.29) is 16.4 Å². The predicted octanol–water partition coefficient (Wildman–Crippen LogP) is 5.15. The Balaban J connectivity index is 2.28. The van der Waals surface area contributed by atoms with Gasteiger partial charge in [-0.15, -0.1) is 0 Å². The molecule has 0 aliphatic rings. The maximum atomic E-state index is 14.3. The van der Waals surface area contributed by atoms with Crippen molar-refractivity contribution in [1.29, 1.82) is 0 Å². The van der Waals surface area contributed by atoms with E-state index in [9.17, 15) is 4.39 Å². The number of hydrogen-bond donors (Lipinski definition) is 1. The largest absolute Gasteiger partial charge is 0.380 e. The third-order valence-electron chi connectivity index (χ3n) is 3.06. The van der Waals surface area contributed by atoms with Gasteiger partial charge in [0.25, 0.3) is 0 Å². The van der Waals surface area contributed by atoms with Crippen molar-refractivity contribution in [2.75, 3.05) is 5.73 Å². The highest BCUT2D eigenvalue weighted by Crippen LogP contribution is 2.41. The molecule has 3 aromatic rings. The summed E-state index contributed by atoms with van der Waals surface area (Å²) in [5, 5.41) is 3.77. The van der Waals surface area contributed by atoms with Gasteiger partial charge < -0.3 is 10.3 Å². The molecule has 21 heavy (non-hydrogen) atoms. The summed E-state index contributed by atoms with van der Waals surface area (Å²) in [4.78, 5) is 0. The second-order valence-corrected chi connectivity index (χ2v) is 5.61. The van der Waals surface area contributed by atoms with Crippen LogP contribution in [0.4, 0.5) is 10.2 Å². The lowest BCUT2D eigenvalue weighted by Crippen LogP contribution is -1.92. The van der Waals surface area contributed by atoms with Gasteiger partial charge in [-0.05, 0) is 18.2 Å². The van der Waals surface area contributed by atoms with Crippen molar-refractivity contribution in [1.82, 2.24) is 5.16 Å². The van der Waals surface area contributed by atoms with Crippen LogP contribution in [0.15, 0.2) is 51.5 Å². The van der Waals surface area contributed by atoms with Crippen LogP contribution in [0.3, 0.4) is 0 Å². The fourth-order valence-corrected chi connectivity index (χ4v) is 2.73. The van der Waals surface area contributed by atoms with E-state index >= 15 is 0 Å². The van der Waals surface area contributed by atoms with E-state index in [4.69, 9.17) is 21.9 Å². The van der Waals surface area contributed by atoms with E-state index in [1.807, 2.05) is 24.3 Å². The lowest BCUT2D eigenvalue weighted by Gasteiger charge is -2.06. The molecule has 106 valence electrons. The lowest BCUT2D eigenvalue weighted by molar-refractivity contribution is 0.436. The van der Waals surface area contributed by atoms with Crippen molar-refractivity contribution in [3.8, 4) is 22.5 Å². The molecule has 0 aliphatic heterocycles. The predicted molar refractivity (Wildman–Crippen MR) is 84.5 cm³/mol. The molecule has 2 aromatic carbocycles. The molecule has 2 N–H and O–H groups in total. The second-order valence-electron chi connectivity index (χ2n) is 4.35. The van der Waals surface area contributed by atoms with Gasteiger partial charge in [-0.1, -0.05) is 57.0 Å². The number of nitrogens with two attached hydrogens (primary N) is 1. The van der Waals surface area contributed by atoms with E-state index in [0.717, 1.165) is 10.0 Å². The van der Waals surface area contributed by atoms with Crippen molar-refractivity contribution in [3.63, 3.8) is 0 Å². The summed E-state index contributed by atoms with van der Waals surface area (Å²) in [5.74, 6) is -0.0505. The molecule has 0 aliphatic carbocycles. The summed E-state index contributed by atoms with van der Waals surface area (Å²) in [7, 11) is 0. The molecule has 0 amide bonds. The second kappa shape index (κ2) is 5.50. The van der Waals surface area contributed by atoms with Crippen LogP contribution in [-0.4, -0.2) is 5.16 Å². The van der Waals surface area contributed by atoms with Crippen LogP contribution < -0.4 is 5.73 Å². The fourth-order valence-electron chi connectivity index (χ4n) is 2.09. The Morgan fingerprint density at radius 1 is 1.10 bits per heavy atom. The zero-order chi connectivity index (χ0) is 15.0. The molecule has 6 heteroatoms. The smallest absolute Gasteiger partial charge is 0.178 e. The summed E-state index contributed by atoms with van der Waals surface area (Å²) in [6.07, 6.45) is 0. The molecule has 1 aromatic heterocycles. The quantitative estimate of drug-likeness (QED) is 0.682. The summed E-state index contributed by atoms with van der Waals surface area (Å²) in [6, 6.07) is 12.1. The van der Waals surface area contributed by atoms with Gasteiger partial charge in [-0.2, -0.15) is 0 Å². The van der Waals surface area contributed by atoms with Crippen LogP contribution in [0, 0.1) is 5.82 Å². The van der Waals surface area contributed by atoms with E-state index in [1.165, 1.54) is 6.07 Å². The minimum Gasteiger partial charge on any atom is -0.380 e. The molecule has 1 heterocycles. The molecule has 0 unspecified atom stereocenters. The van der Waals surface area contributed by atoms with Crippen LogP contribution >= 0.6 is 27.5 Å². The molecule has 0 bridgehead atoms. The Labute approximate surface area is 133 Å². The van der Waals surface area contributed by atoms with Crippen molar-refractivity contribution in [3.05, 3.63) is 57.8 Å². The standard InChI is InChI=1S/C15H9BrClFN2O/c16-10-6-2-1-4-8(10)14-12(15(19)20-21-14)9-5-3-7-11(17)13(9)18/h1-7H,(H2,19,20). The highest BCUT2D eigenvalue weighted by atomic mass is 79.9. The average Bonchev–Trinajstić information content (AvgIpc) is 2.84. The first-order chi connectivity index (χ1) is 10.1. The first-order valence-electron chi connectivity index (χ1n) is 6.04. The maximum absolute atomic E-state index is 14.3. The number of halogens is 3. The van der Waals surface area contributed by atoms with Crippen LogP contribution in [-0.2, 0) is 0 Å². The Bertz CT molecular complexity index is 819. The van der Waals surface area contributed by atoms with Crippen molar-refractivity contribution in [2.24, 2.45) is 0 Å². The third-order valence-corrected chi connectivity index (χ3v) is 4.04. The Kier molecular flexibility index (Phi) is 3.69. The number of rotatable bonds is 2.